The summed E-state index contributed by atoms with van der Waals surface area (Å²) in [6.07, 6.45) is 2.10. The van der Waals surface area contributed by atoms with E-state index in [1.165, 1.54) is 0 Å². The van der Waals surface area contributed by atoms with Crippen molar-refractivity contribution in [1.29, 1.82) is 0 Å². The van der Waals surface area contributed by atoms with Crippen molar-refractivity contribution in [2.45, 2.75) is 0 Å². The van der Waals surface area contributed by atoms with Crippen molar-refractivity contribution >= 4 is 25.8 Å². The number of aromatic nitrogens is 3. The van der Waals surface area contributed by atoms with Gasteiger partial charge in [0, 0.05) is 6.26 Å². The number of rotatable bonds is 5. The third-order valence-electron chi connectivity index (χ3n) is 1.39. The SMILES string of the molecule is CS(=O)(=O)CCS(=O)(=O)Nc1ncn[nH]1. The van der Waals surface area contributed by atoms with Crippen LogP contribution in [-0.4, -0.2) is 49.8 Å². The predicted molar refractivity (Wildman–Crippen MR) is 53.5 cm³/mol. The number of nitrogens with one attached hydrogen (secondary N) is 2. The van der Waals surface area contributed by atoms with E-state index in [1.54, 1.807) is 0 Å². The lowest BCUT2D eigenvalue weighted by atomic mass is 11.0. The van der Waals surface area contributed by atoms with Crippen LogP contribution in [0.5, 0.6) is 0 Å². The molecular weight excluding hydrogens is 244 g/mol. The van der Waals surface area contributed by atoms with Gasteiger partial charge in [-0.2, -0.15) is 10.1 Å². The Kier molecular flexibility index (Phi) is 3.29. The Morgan fingerprint density at radius 1 is 1.33 bits per heavy atom. The molecule has 0 radical (unpaired) electrons. The Hall–Kier alpha value is -1.16. The van der Waals surface area contributed by atoms with E-state index in [9.17, 15) is 16.8 Å². The molecule has 0 atom stereocenters. The molecular formula is C5H10N4O4S2. The molecule has 0 bridgehead atoms. The quantitative estimate of drug-likeness (QED) is 0.665. The molecule has 0 fully saturated rings. The second kappa shape index (κ2) is 4.14. The van der Waals surface area contributed by atoms with Gasteiger partial charge >= 0.3 is 0 Å². The van der Waals surface area contributed by atoms with Crippen LogP contribution in [0.2, 0.25) is 0 Å². The van der Waals surface area contributed by atoms with E-state index in [-0.39, 0.29) is 5.95 Å². The first-order chi connectivity index (χ1) is 6.79. The fourth-order valence-electron chi connectivity index (χ4n) is 0.714. The summed E-state index contributed by atoms with van der Waals surface area (Å²) in [4.78, 5) is 3.54. The summed E-state index contributed by atoms with van der Waals surface area (Å²) in [5.41, 5.74) is 0. The minimum Gasteiger partial charge on any atom is -0.252 e. The van der Waals surface area contributed by atoms with Gasteiger partial charge in [0.05, 0.1) is 11.5 Å². The van der Waals surface area contributed by atoms with Crippen molar-refractivity contribution in [2.75, 3.05) is 22.5 Å². The van der Waals surface area contributed by atoms with Crippen LogP contribution in [-0.2, 0) is 19.9 Å². The molecule has 0 aliphatic rings. The first-order valence-corrected chi connectivity index (χ1v) is 7.53. The number of anilines is 1. The van der Waals surface area contributed by atoms with Gasteiger partial charge < -0.3 is 0 Å². The predicted octanol–water partition coefficient (Wildman–Crippen LogP) is -1.41. The largest absolute Gasteiger partial charge is 0.252 e. The zero-order valence-corrected chi connectivity index (χ0v) is 9.47. The van der Waals surface area contributed by atoms with E-state index < -0.39 is 31.4 Å². The van der Waals surface area contributed by atoms with Gasteiger partial charge in [-0.1, -0.05) is 0 Å². The van der Waals surface area contributed by atoms with E-state index in [1.807, 2.05) is 4.72 Å². The Balaban J connectivity index is 2.61. The van der Waals surface area contributed by atoms with Crippen LogP contribution in [0.15, 0.2) is 6.33 Å². The molecule has 0 unspecified atom stereocenters. The second-order valence-electron chi connectivity index (χ2n) is 2.88. The molecule has 1 aromatic heterocycles. The summed E-state index contributed by atoms with van der Waals surface area (Å²) < 4.78 is 46.1. The fourth-order valence-corrected chi connectivity index (χ4v) is 3.30. The molecule has 1 rings (SSSR count). The minimum absolute atomic E-state index is 0.0384. The molecule has 0 spiro atoms. The molecule has 0 aromatic carbocycles. The maximum absolute atomic E-state index is 11.3. The van der Waals surface area contributed by atoms with Crippen LogP contribution in [0, 0.1) is 0 Å². The molecule has 10 heteroatoms. The molecule has 0 amide bonds. The van der Waals surface area contributed by atoms with Crippen molar-refractivity contribution in [1.82, 2.24) is 15.2 Å². The molecule has 1 heterocycles. The van der Waals surface area contributed by atoms with Crippen LogP contribution in [0.25, 0.3) is 0 Å². The molecule has 0 saturated heterocycles. The van der Waals surface area contributed by atoms with Crippen molar-refractivity contribution in [3.05, 3.63) is 6.33 Å². The first-order valence-electron chi connectivity index (χ1n) is 3.82. The highest BCUT2D eigenvalue weighted by Gasteiger charge is 2.15. The Labute approximate surface area is 87.1 Å². The highest BCUT2D eigenvalue weighted by molar-refractivity contribution is 7.95. The van der Waals surface area contributed by atoms with Gasteiger partial charge in [0.2, 0.25) is 16.0 Å². The van der Waals surface area contributed by atoms with Crippen LogP contribution >= 0.6 is 0 Å². The molecule has 86 valence electrons. The zero-order valence-electron chi connectivity index (χ0n) is 7.84. The van der Waals surface area contributed by atoms with E-state index in [2.05, 4.69) is 15.2 Å². The van der Waals surface area contributed by atoms with Crippen molar-refractivity contribution in [3.63, 3.8) is 0 Å². The summed E-state index contributed by atoms with van der Waals surface area (Å²) in [6, 6.07) is 0. The van der Waals surface area contributed by atoms with Gasteiger partial charge in [-0.3, -0.25) is 4.72 Å². The van der Waals surface area contributed by atoms with Gasteiger partial charge in [-0.25, -0.2) is 21.9 Å². The van der Waals surface area contributed by atoms with E-state index in [0.717, 1.165) is 12.6 Å². The second-order valence-corrected chi connectivity index (χ2v) is 6.99. The molecule has 0 saturated carbocycles. The van der Waals surface area contributed by atoms with Crippen molar-refractivity contribution < 1.29 is 16.8 Å². The van der Waals surface area contributed by atoms with E-state index in [4.69, 9.17) is 0 Å². The topological polar surface area (TPSA) is 122 Å². The number of H-pyrrole nitrogens is 1. The summed E-state index contributed by atoms with van der Waals surface area (Å²) in [5, 5.41) is 5.72. The normalized spacial score (nSPS) is 12.6. The molecule has 8 nitrogen and oxygen atoms in total. The number of hydrogen-bond acceptors (Lipinski definition) is 6. The summed E-state index contributed by atoms with van der Waals surface area (Å²) in [7, 11) is -7.00. The van der Waals surface area contributed by atoms with Gasteiger partial charge in [0.25, 0.3) is 0 Å². The first kappa shape index (κ1) is 11.9. The van der Waals surface area contributed by atoms with Crippen molar-refractivity contribution in [2.24, 2.45) is 0 Å². The minimum atomic E-state index is -3.70. The summed E-state index contributed by atoms with van der Waals surface area (Å²) >= 11 is 0. The lowest BCUT2D eigenvalue weighted by Gasteiger charge is -2.03. The molecule has 15 heavy (non-hydrogen) atoms. The number of nitrogens with zero attached hydrogens (tertiary/aromatic N) is 2. The maximum atomic E-state index is 11.3. The Morgan fingerprint density at radius 2 is 2.00 bits per heavy atom. The van der Waals surface area contributed by atoms with Crippen LogP contribution in [0.4, 0.5) is 5.95 Å². The summed E-state index contributed by atoms with van der Waals surface area (Å²) in [5.74, 6) is -0.980. The lowest BCUT2D eigenvalue weighted by Crippen LogP contribution is -2.22. The van der Waals surface area contributed by atoms with Gasteiger partial charge in [-0.15, -0.1) is 0 Å². The standard InChI is InChI=1S/C5H10N4O4S2/c1-14(10,11)2-3-15(12,13)9-5-6-4-7-8-5/h4H,2-3H2,1H3,(H2,6,7,8,9). The highest BCUT2D eigenvalue weighted by Crippen LogP contribution is 1.99. The Bertz CT molecular complexity index is 503. The number of hydrogen-bond donors (Lipinski definition) is 2. The number of sulfonamides is 1. The smallest absolute Gasteiger partial charge is 0.236 e. The zero-order chi connectivity index (χ0) is 11.5. The van der Waals surface area contributed by atoms with E-state index in [0.29, 0.717) is 0 Å². The molecule has 0 aliphatic heterocycles. The fraction of sp³-hybridized carbons (Fsp3) is 0.600. The van der Waals surface area contributed by atoms with Gasteiger partial charge in [0.15, 0.2) is 0 Å². The van der Waals surface area contributed by atoms with Crippen molar-refractivity contribution in [3.8, 4) is 0 Å². The number of sulfone groups is 1. The maximum Gasteiger partial charge on any atom is 0.236 e. The average molecular weight is 254 g/mol. The molecule has 0 aliphatic carbocycles. The highest BCUT2D eigenvalue weighted by atomic mass is 32.2. The van der Waals surface area contributed by atoms with Crippen LogP contribution < -0.4 is 4.72 Å². The van der Waals surface area contributed by atoms with Crippen LogP contribution in [0.1, 0.15) is 0 Å². The van der Waals surface area contributed by atoms with Gasteiger partial charge in [0.1, 0.15) is 16.2 Å². The average Bonchev–Trinajstić information content (AvgIpc) is 2.52. The monoisotopic (exact) mass is 254 g/mol. The summed E-state index contributed by atoms with van der Waals surface area (Å²) in [6.45, 7) is 0. The molecule has 1 aromatic rings. The third kappa shape index (κ3) is 4.74. The van der Waals surface area contributed by atoms with Crippen LogP contribution in [0.3, 0.4) is 0 Å². The third-order valence-corrected chi connectivity index (χ3v) is 3.84. The Morgan fingerprint density at radius 3 is 2.47 bits per heavy atom. The lowest BCUT2D eigenvalue weighted by molar-refractivity contribution is 0.593. The number of aromatic amines is 1. The van der Waals surface area contributed by atoms with E-state index >= 15 is 0 Å². The van der Waals surface area contributed by atoms with Gasteiger partial charge in [-0.05, 0) is 0 Å². The molecule has 2 N–H and O–H groups in total.